The van der Waals surface area contributed by atoms with Crippen LogP contribution in [0.1, 0.15) is 16.1 Å². The molecule has 0 aliphatic carbocycles. The largest absolute Gasteiger partial charge is 0.481 e. The lowest BCUT2D eigenvalue weighted by atomic mass is 10.2. The third kappa shape index (κ3) is 3.37. The summed E-state index contributed by atoms with van der Waals surface area (Å²) in [5, 5.41) is 12.5. The van der Waals surface area contributed by atoms with Crippen LogP contribution < -0.4 is 10.2 Å². The van der Waals surface area contributed by atoms with Crippen molar-refractivity contribution in [3.8, 4) is 17.6 Å². The number of nitrogens with zero attached hydrogens (tertiary/aromatic N) is 2. The van der Waals surface area contributed by atoms with Gasteiger partial charge in [0.05, 0.1) is 5.56 Å². The SMILES string of the molecule is Cn1cc(C#CCOc2ccccc2)c(C(=O)NO)n1. The summed E-state index contributed by atoms with van der Waals surface area (Å²) in [5.74, 6) is 5.61. The van der Waals surface area contributed by atoms with Gasteiger partial charge in [0.1, 0.15) is 12.4 Å². The average Bonchev–Trinajstić information content (AvgIpc) is 2.85. The fraction of sp³-hybridized carbons (Fsp3) is 0.143. The van der Waals surface area contributed by atoms with Gasteiger partial charge in [0.15, 0.2) is 5.69 Å². The van der Waals surface area contributed by atoms with E-state index in [1.54, 1.807) is 13.2 Å². The Morgan fingerprint density at radius 2 is 2.20 bits per heavy atom. The van der Waals surface area contributed by atoms with Crippen molar-refractivity contribution in [3.63, 3.8) is 0 Å². The van der Waals surface area contributed by atoms with Crippen LogP contribution in [0.2, 0.25) is 0 Å². The highest BCUT2D eigenvalue weighted by Crippen LogP contribution is 2.08. The number of rotatable bonds is 3. The Labute approximate surface area is 115 Å². The summed E-state index contributed by atoms with van der Waals surface area (Å²) >= 11 is 0. The van der Waals surface area contributed by atoms with Crippen LogP contribution in [0.3, 0.4) is 0 Å². The van der Waals surface area contributed by atoms with Crippen LogP contribution in [0.5, 0.6) is 5.75 Å². The molecule has 6 nitrogen and oxygen atoms in total. The van der Waals surface area contributed by atoms with Gasteiger partial charge < -0.3 is 4.74 Å². The summed E-state index contributed by atoms with van der Waals surface area (Å²) in [5.41, 5.74) is 2.04. The Kier molecular flexibility index (Phi) is 4.37. The van der Waals surface area contributed by atoms with E-state index in [1.165, 1.54) is 10.2 Å². The molecule has 1 amide bonds. The van der Waals surface area contributed by atoms with E-state index in [2.05, 4.69) is 16.9 Å². The number of amides is 1. The van der Waals surface area contributed by atoms with Gasteiger partial charge in [0.2, 0.25) is 0 Å². The lowest BCUT2D eigenvalue weighted by molar-refractivity contribution is 0.0699. The van der Waals surface area contributed by atoms with Gasteiger partial charge in [0.25, 0.3) is 5.91 Å². The average molecular weight is 271 g/mol. The van der Waals surface area contributed by atoms with Crippen LogP contribution in [0, 0.1) is 11.8 Å². The molecule has 2 N–H and O–H groups in total. The number of benzene rings is 1. The third-order valence-corrected chi connectivity index (χ3v) is 2.42. The Bertz CT molecular complexity index is 653. The van der Waals surface area contributed by atoms with E-state index in [0.717, 1.165) is 5.75 Å². The predicted molar refractivity (Wildman–Crippen MR) is 71.3 cm³/mol. The summed E-state index contributed by atoms with van der Waals surface area (Å²) in [4.78, 5) is 11.4. The fourth-order valence-corrected chi connectivity index (χ4v) is 1.57. The van der Waals surface area contributed by atoms with Crippen LogP contribution in [0.15, 0.2) is 36.5 Å². The maximum absolute atomic E-state index is 11.4. The van der Waals surface area contributed by atoms with Crippen molar-refractivity contribution >= 4 is 5.91 Å². The molecule has 1 heterocycles. The Morgan fingerprint density at radius 3 is 2.90 bits per heavy atom. The highest BCUT2D eigenvalue weighted by Gasteiger charge is 2.13. The number of carbonyl (C=O) groups excluding carboxylic acids is 1. The molecule has 0 aliphatic rings. The number of aryl methyl sites for hydroxylation is 1. The summed E-state index contributed by atoms with van der Waals surface area (Å²) in [6.45, 7) is 0.194. The third-order valence-electron chi connectivity index (χ3n) is 2.42. The van der Waals surface area contributed by atoms with Crippen LogP contribution in [0.4, 0.5) is 0 Å². The quantitative estimate of drug-likeness (QED) is 0.495. The van der Waals surface area contributed by atoms with Crippen LogP contribution in [-0.2, 0) is 7.05 Å². The van der Waals surface area contributed by atoms with E-state index >= 15 is 0 Å². The number of nitrogens with one attached hydrogen (secondary N) is 1. The maximum Gasteiger partial charge on any atom is 0.296 e. The minimum atomic E-state index is -0.695. The lowest BCUT2D eigenvalue weighted by Gasteiger charge is -1.99. The predicted octanol–water partition coefficient (Wildman–Crippen LogP) is 0.970. The molecule has 0 unspecified atom stereocenters. The molecule has 6 heteroatoms. The summed E-state index contributed by atoms with van der Waals surface area (Å²) < 4.78 is 6.86. The van der Waals surface area contributed by atoms with Crippen LogP contribution in [0.25, 0.3) is 0 Å². The number of carbonyl (C=O) groups is 1. The Hall–Kier alpha value is -2.78. The van der Waals surface area contributed by atoms with E-state index in [1.807, 2.05) is 30.3 Å². The highest BCUT2D eigenvalue weighted by molar-refractivity contribution is 5.93. The first kappa shape index (κ1) is 13.6. The molecular formula is C14H13N3O3. The van der Waals surface area contributed by atoms with Gasteiger partial charge in [-0.25, -0.2) is 5.48 Å². The summed E-state index contributed by atoms with van der Waals surface area (Å²) in [6.07, 6.45) is 1.60. The lowest BCUT2D eigenvalue weighted by Crippen LogP contribution is -2.20. The molecule has 0 radical (unpaired) electrons. The number of para-hydroxylation sites is 1. The molecule has 1 aromatic carbocycles. The fourth-order valence-electron chi connectivity index (χ4n) is 1.57. The molecule has 20 heavy (non-hydrogen) atoms. The summed E-state index contributed by atoms with van der Waals surface area (Å²) in [7, 11) is 1.67. The second-order valence-corrected chi connectivity index (χ2v) is 3.91. The van der Waals surface area contributed by atoms with E-state index in [4.69, 9.17) is 9.94 Å². The maximum atomic E-state index is 11.4. The highest BCUT2D eigenvalue weighted by atomic mass is 16.5. The smallest absolute Gasteiger partial charge is 0.296 e. The first-order chi connectivity index (χ1) is 9.70. The molecule has 0 saturated carbocycles. The van der Waals surface area contributed by atoms with Gasteiger partial charge in [-0.05, 0) is 12.1 Å². The molecule has 102 valence electrons. The molecule has 0 aliphatic heterocycles. The minimum absolute atomic E-state index is 0.0715. The molecule has 0 fully saturated rings. The van der Waals surface area contributed by atoms with E-state index < -0.39 is 5.91 Å². The summed E-state index contributed by atoms with van der Waals surface area (Å²) in [6, 6.07) is 9.29. The van der Waals surface area contributed by atoms with Crippen molar-refractivity contribution in [1.29, 1.82) is 0 Å². The van der Waals surface area contributed by atoms with Crippen molar-refractivity contribution in [3.05, 3.63) is 47.8 Å². The second kappa shape index (κ2) is 6.41. The van der Waals surface area contributed by atoms with Crippen molar-refractivity contribution < 1.29 is 14.7 Å². The minimum Gasteiger partial charge on any atom is -0.481 e. The number of hydroxylamine groups is 1. The monoisotopic (exact) mass is 271 g/mol. The van der Waals surface area contributed by atoms with Crippen molar-refractivity contribution in [2.75, 3.05) is 6.61 Å². The molecule has 2 aromatic rings. The molecule has 0 bridgehead atoms. The van der Waals surface area contributed by atoms with Gasteiger partial charge in [-0.15, -0.1) is 0 Å². The van der Waals surface area contributed by atoms with Gasteiger partial charge >= 0.3 is 0 Å². The van der Waals surface area contributed by atoms with Gasteiger partial charge in [-0.1, -0.05) is 30.0 Å². The van der Waals surface area contributed by atoms with Gasteiger partial charge in [-0.2, -0.15) is 5.10 Å². The zero-order chi connectivity index (χ0) is 14.4. The second-order valence-electron chi connectivity index (χ2n) is 3.91. The van der Waals surface area contributed by atoms with Gasteiger partial charge in [-0.3, -0.25) is 14.7 Å². The zero-order valence-corrected chi connectivity index (χ0v) is 10.8. The van der Waals surface area contributed by atoms with E-state index in [-0.39, 0.29) is 12.3 Å². The molecule has 0 spiro atoms. The molecule has 2 rings (SSSR count). The standard InChI is InChI=1S/C14H13N3O3/c1-17-10-11(13(15-17)14(18)16-19)6-5-9-20-12-7-3-2-4-8-12/h2-4,7-8,10,19H,9H2,1H3,(H,16,18). The van der Waals surface area contributed by atoms with Gasteiger partial charge in [0, 0.05) is 13.2 Å². The number of hydrogen-bond acceptors (Lipinski definition) is 4. The number of hydrogen-bond donors (Lipinski definition) is 2. The molecule has 0 saturated heterocycles. The van der Waals surface area contributed by atoms with Crippen LogP contribution in [-0.4, -0.2) is 27.5 Å². The molecule has 0 atom stereocenters. The number of aromatic nitrogens is 2. The topological polar surface area (TPSA) is 76.4 Å². The zero-order valence-electron chi connectivity index (χ0n) is 10.8. The first-order valence-corrected chi connectivity index (χ1v) is 5.85. The van der Waals surface area contributed by atoms with Crippen molar-refractivity contribution in [1.82, 2.24) is 15.3 Å². The van der Waals surface area contributed by atoms with E-state index in [0.29, 0.717) is 5.56 Å². The Morgan fingerprint density at radius 1 is 1.45 bits per heavy atom. The van der Waals surface area contributed by atoms with Crippen molar-refractivity contribution in [2.24, 2.45) is 7.05 Å². The van der Waals surface area contributed by atoms with E-state index in [9.17, 15) is 4.79 Å². The molecule has 1 aromatic heterocycles. The Balaban J connectivity index is 2.04. The van der Waals surface area contributed by atoms with Crippen LogP contribution >= 0.6 is 0 Å². The normalized spacial score (nSPS) is 9.50. The number of ether oxygens (including phenoxy) is 1. The first-order valence-electron chi connectivity index (χ1n) is 5.85. The van der Waals surface area contributed by atoms with Crippen molar-refractivity contribution in [2.45, 2.75) is 0 Å². The molecular weight excluding hydrogens is 258 g/mol.